The second-order valence-corrected chi connectivity index (χ2v) is 15.0. The van der Waals surface area contributed by atoms with E-state index in [9.17, 15) is 24.3 Å². The van der Waals surface area contributed by atoms with Crippen LogP contribution >= 0.6 is 0 Å². The number of rotatable bonds is 7. The Kier molecular flexibility index (Phi) is 11.5. The van der Waals surface area contributed by atoms with Crippen LogP contribution in [0, 0.1) is 0 Å². The molecule has 0 spiro atoms. The Morgan fingerprint density at radius 2 is 1.76 bits per heavy atom. The Morgan fingerprint density at radius 3 is 2.54 bits per heavy atom. The summed E-state index contributed by atoms with van der Waals surface area (Å²) in [6.07, 6.45) is 6.76. The standard InChI is InChI=1S/C24H27N3O3.C17H22N2O5/c1-26-21-13-12-19(16-22(21)30-24(26)29)20-11-7-15-27(17-20)23(28)25-14-6-5-10-18-8-3-2-4-9-18;1-16(2,3)24-15(21)19-8-4-7-17(22,10-19)11-5-6-12-13(9-11)23-14(20)18-12/h2-4,8-9,11-13,16H,5-7,10,14-15,17H2,1H3,(H,25,28);5-6,9,22H,4,7-8,10H2,1-3H3,(H,18,20). The molecule has 1 fully saturated rings. The van der Waals surface area contributed by atoms with Crippen LogP contribution in [0.25, 0.3) is 27.8 Å². The minimum atomic E-state index is -1.20. The second kappa shape index (κ2) is 16.2. The molecule has 0 bridgehead atoms. The van der Waals surface area contributed by atoms with Crippen molar-refractivity contribution < 1.29 is 28.3 Å². The maximum atomic E-state index is 12.6. The van der Waals surface area contributed by atoms with Crippen molar-refractivity contribution in [3.05, 3.63) is 111 Å². The van der Waals surface area contributed by atoms with Crippen LogP contribution in [0.2, 0.25) is 0 Å². The molecule has 13 heteroatoms. The predicted octanol–water partition coefficient (Wildman–Crippen LogP) is 6.29. The van der Waals surface area contributed by atoms with E-state index in [0.29, 0.717) is 61.3 Å². The lowest BCUT2D eigenvalue weighted by atomic mass is 9.86. The maximum Gasteiger partial charge on any atom is 0.419 e. The number of fused-ring (bicyclic) bond motifs is 2. The third-order valence-corrected chi connectivity index (χ3v) is 9.69. The van der Waals surface area contributed by atoms with Crippen LogP contribution in [0.1, 0.15) is 69.6 Å². The number of hydrogen-bond acceptors (Lipinski definition) is 8. The molecule has 0 aliphatic carbocycles. The molecule has 2 aliphatic heterocycles. The van der Waals surface area contributed by atoms with Crippen LogP contribution in [-0.4, -0.2) is 74.9 Å². The first-order valence-electron chi connectivity index (χ1n) is 18.5. The number of carbonyl (C=O) groups is 2. The largest absolute Gasteiger partial charge is 0.444 e. The van der Waals surface area contributed by atoms with Crippen LogP contribution in [0.5, 0.6) is 0 Å². The Morgan fingerprint density at radius 1 is 0.963 bits per heavy atom. The summed E-state index contributed by atoms with van der Waals surface area (Å²) in [5, 5.41) is 14.1. The summed E-state index contributed by atoms with van der Waals surface area (Å²) in [6.45, 7) is 8.05. The SMILES string of the molecule is CC(C)(C)OC(=O)N1CCCC(O)(c2ccc3[nH]c(=O)oc3c2)C1.Cn1c(=O)oc2cc(C3=CCCN(C(=O)NCCCCc4ccccc4)C3)ccc21. The number of nitrogens with one attached hydrogen (secondary N) is 2. The Labute approximate surface area is 313 Å². The highest BCUT2D eigenvalue weighted by atomic mass is 16.6. The fourth-order valence-corrected chi connectivity index (χ4v) is 6.85. The van der Waals surface area contributed by atoms with Crippen LogP contribution in [0.15, 0.2) is 91.2 Å². The molecule has 7 rings (SSSR count). The minimum absolute atomic E-state index is 0.0207. The van der Waals surface area contributed by atoms with E-state index in [2.05, 4.69) is 40.6 Å². The number of aryl methyl sites for hydroxylation is 2. The molecule has 54 heavy (non-hydrogen) atoms. The molecule has 0 saturated carbocycles. The summed E-state index contributed by atoms with van der Waals surface area (Å²) in [4.78, 5) is 53.8. The van der Waals surface area contributed by atoms with Gasteiger partial charge in [0.15, 0.2) is 11.2 Å². The van der Waals surface area contributed by atoms with Gasteiger partial charge in [-0.2, -0.15) is 0 Å². The van der Waals surface area contributed by atoms with Crippen LogP contribution < -0.4 is 16.8 Å². The number of aromatic nitrogens is 2. The number of benzene rings is 3. The summed E-state index contributed by atoms with van der Waals surface area (Å²) in [5.74, 6) is -0.902. The van der Waals surface area contributed by atoms with Crippen molar-refractivity contribution in [1.29, 1.82) is 0 Å². The number of oxazole rings is 2. The van der Waals surface area contributed by atoms with Crippen LogP contribution in [0.4, 0.5) is 9.59 Å². The van der Waals surface area contributed by atoms with Gasteiger partial charge in [-0.3, -0.25) is 9.55 Å². The third kappa shape index (κ3) is 9.32. The van der Waals surface area contributed by atoms with Crippen molar-refractivity contribution in [2.75, 3.05) is 32.7 Å². The van der Waals surface area contributed by atoms with Crippen molar-refractivity contribution in [2.45, 2.75) is 70.5 Å². The molecule has 286 valence electrons. The van der Waals surface area contributed by atoms with Crippen LogP contribution in [-0.2, 0) is 23.8 Å². The molecule has 3 amide bonds. The van der Waals surface area contributed by atoms with Gasteiger partial charge in [0.2, 0.25) is 0 Å². The lowest BCUT2D eigenvalue weighted by Crippen LogP contribution is -2.49. The normalized spacial score (nSPS) is 17.5. The molecular weight excluding hydrogens is 690 g/mol. The fraction of sp³-hybridized carbons (Fsp3) is 0.415. The van der Waals surface area contributed by atoms with Gasteiger partial charge in [-0.25, -0.2) is 19.2 Å². The van der Waals surface area contributed by atoms with E-state index in [0.717, 1.165) is 42.3 Å². The van der Waals surface area contributed by atoms with Gasteiger partial charge in [-0.05, 0) is 106 Å². The number of β-amino-alcohol motifs (C(OH)–C–C–N with tert-alkyl or cyclic N) is 1. The number of aromatic amines is 1. The molecular formula is C41H49N5O8. The average Bonchev–Trinajstić information content (AvgIpc) is 3.67. The highest BCUT2D eigenvalue weighted by Crippen LogP contribution is 2.33. The number of piperidine rings is 1. The molecule has 5 aromatic rings. The van der Waals surface area contributed by atoms with Crippen molar-refractivity contribution in [2.24, 2.45) is 7.05 Å². The number of amides is 3. The molecule has 2 aliphatic rings. The molecule has 13 nitrogen and oxygen atoms in total. The van der Waals surface area contributed by atoms with Gasteiger partial charge >= 0.3 is 23.6 Å². The first kappa shape index (κ1) is 38.2. The smallest absolute Gasteiger partial charge is 0.419 e. The number of aliphatic hydroxyl groups is 1. The molecule has 0 radical (unpaired) electrons. The van der Waals surface area contributed by atoms with E-state index in [1.165, 1.54) is 15.0 Å². The zero-order valence-corrected chi connectivity index (χ0v) is 31.4. The molecule has 3 aromatic carbocycles. The predicted molar refractivity (Wildman–Crippen MR) is 206 cm³/mol. The average molecular weight is 740 g/mol. The number of carbonyl (C=O) groups excluding carboxylic acids is 2. The van der Waals surface area contributed by atoms with Crippen molar-refractivity contribution in [3.8, 4) is 0 Å². The molecule has 1 saturated heterocycles. The second-order valence-electron chi connectivity index (χ2n) is 15.0. The number of likely N-dealkylation sites (tertiary alicyclic amines) is 1. The summed E-state index contributed by atoms with van der Waals surface area (Å²) in [6, 6.07) is 21.2. The van der Waals surface area contributed by atoms with E-state index < -0.39 is 23.1 Å². The highest BCUT2D eigenvalue weighted by molar-refractivity contribution is 5.83. The van der Waals surface area contributed by atoms with Gasteiger partial charge in [0.25, 0.3) is 0 Å². The molecule has 1 atom stereocenters. The molecule has 3 N–H and O–H groups in total. The fourth-order valence-electron chi connectivity index (χ4n) is 6.85. The Hall–Kier alpha value is -5.56. The first-order valence-corrected chi connectivity index (χ1v) is 18.5. The zero-order valence-electron chi connectivity index (χ0n) is 31.4. The van der Waals surface area contributed by atoms with Gasteiger partial charge in [0, 0.05) is 33.2 Å². The Balaban J connectivity index is 0.000000189. The molecule has 4 heterocycles. The van der Waals surface area contributed by atoms with E-state index in [1.807, 2.05) is 49.9 Å². The van der Waals surface area contributed by atoms with Crippen molar-refractivity contribution in [1.82, 2.24) is 24.7 Å². The van der Waals surface area contributed by atoms with Gasteiger partial charge in [-0.15, -0.1) is 0 Å². The van der Waals surface area contributed by atoms with Gasteiger partial charge in [0.05, 0.1) is 17.6 Å². The topological polar surface area (TPSA) is 163 Å². The minimum Gasteiger partial charge on any atom is -0.444 e. The number of ether oxygens (including phenoxy) is 1. The number of hydrogen-bond donors (Lipinski definition) is 3. The maximum absolute atomic E-state index is 12.6. The quantitative estimate of drug-likeness (QED) is 0.164. The van der Waals surface area contributed by atoms with Crippen LogP contribution in [0.3, 0.4) is 0 Å². The number of nitrogens with zero attached hydrogens (tertiary/aromatic N) is 3. The van der Waals surface area contributed by atoms with E-state index in [-0.39, 0.29) is 18.3 Å². The highest BCUT2D eigenvalue weighted by Gasteiger charge is 2.38. The summed E-state index contributed by atoms with van der Waals surface area (Å²) >= 11 is 0. The van der Waals surface area contributed by atoms with Crippen molar-refractivity contribution >= 4 is 39.9 Å². The van der Waals surface area contributed by atoms with Crippen molar-refractivity contribution in [3.63, 3.8) is 0 Å². The lowest BCUT2D eigenvalue weighted by molar-refractivity contribution is -0.0465. The molecule has 2 aromatic heterocycles. The van der Waals surface area contributed by atoms with E-state index in [1.54, 1.807) is 25.2 Å². The van der Waals surface area contributed by atoms with Gasteiger partial charge in [-0.1, -0.05) is 48.5 Å². The van der Waals surface area contributed by atoms with Gasteiger partial charge in [0.1, 0.15) is 11.2 Å². The van der Waals surface area contributed by atoms with Gasteiger partial charge < -0.3 is 33.8 Å². The summed E-state index contributed by atoms with van der Waals surface area (Å²) < 4.78 is 17.2. The van der Waals surface area contributed by atoms with E-state index >= 15 is 0 Å². The number of unbranched alkanes of at least 4 members (excludes halogenated alkanes) is 1. The third-order valence-electron chi connectivity index (χ3n) is 9.69. The number of urea groups is 1. The summed E-state index contributed by atoms with van der Waals surface area (Å²) in [7, 11) is 1.69. The monoisotopic (exact) mass is 739 g/mol. The zero-order chi connectivity index (χ0) is 38.5. The summed E-state index contributed by atoms with van der Waals surface area (Å²) in [5.41, 5.74) is 4.54. The Bertz CT molecular complexity index is 2240. The van der Waals surface area contributed by atoms with E-state index in [4.69, 9.17) is 13.6 Å². The molecule has 1 unspecified atom stereocenters. The first-order chi connectivity index (χ1) is 25.8. The number of H-pyrrole nitrogens is 1. The lowest BCUT2D eigenvalue weighted by Gasteiger charge is -2.39.